The average Bonchev–Trinajstić information content (AvgIpc) is 3.80. The van der Waals surface area contributed by atoms with Crippen LogP contribution in [0.3, 0.4) is 0 Å². The summed E-state index contributed by atoms with van der Waals surface area (Å²) in [4.78, 5) is 13.8. The first-order chi connectivity index (χ1) is 24.2. The molecule has 50 heavy (non-hydrogen) atoms. The van der Waals surface area contributed by atoms with Crippen molar-refractivity contribution in [3.63, 3.8) is 0 Å². The van der Waals surface area contributed by atoms with Gasteiger partial charge in [0.25, 0.3) is 0 Å². The van der Waals surface area contributed by atoms with Crippen molar-refractivity contribution in [1.29, 1.82) is 0 Å². The van der Waals surface area contributed by atoms with E-state index in [4.69, 9.17) is 19.2 Å². The molecule has 264 valence electrons. The number of aliphatic hydroxyl groups excluding tert-OH is 1. The SMILES string of the molecule is COc1ccc(CN(Cc2ccc(OC)cc2)c2nc(OCCCC(F)(F)F)nn3c(C(O)c4ccc(CN5CCCC5)cc4)cnc23)cc1. The molecule has 1 N–H and O–H groups in total. The van der Waals surface area contributed by atoms with Crippen LogP contribution in [0, 0.1) is 0 Å². The van der Waals surface area contributed by atoms with Crippen LogP contribution in [0.2, 0.25) is 0 Å². The minimum Gasteiger partial charge on any atom is -0.497 e. The van der Waals surface area contributed by atoms with Gasteiger partial charge in [0, 0.05) is 26.1 Å². The topological polar surface area (TPSA) is 97.5 Å². The van der Waals surface area contributed by atoms with Gasteiger partial charge < -0.3 is 24.2 Å². The molecular formula is C37H41F3N6O4. The van der Waals surface area contributed by atoms with Crippen LogP contribution in [0.4, 0.5) is 19.0 Å². The first-order valence-corrected chi connectivity index (χ1v) is 16.6. The number of aromatic nitrogens is 4. The molecule has 0 amide bonds. The minimum absolute atomic E-state index is 0.128. The summed E-state index contributed by atoms with van der Waals surface area (Å²) in [6, 6.07) is 22.9. The van der Waals surface area contributed by atoms with Crippen molar-refractivity contribution in [3.05, 3.63) is 107 Å². The van der Waals surface area contributed by atoms with E-state index in [2.05, 4.69) is 15.0 Å². The molecule has 1 fully saturated rings. The van der Waals surface area contributed by atoms with Gasteiger partial charge in [0.1, 0.15) is 17.6 Å². The number of anilines is 1. The fourth-order valence-electron chi connectivity index (χ4n) is 6.04. The van der Waals surface area contributed by atoms with Crippen LogP contribution in [0.25, 0.3) is 5.65 Å². The summed E-state index contributed by atoms with van der Waals surface area (Å²) in [6.45, 7) is 3.56. The molecule has 1 unspecified atom stereocenters. The zero-order valence-electron chi connectivity index (χ0n) is 28.1. The molecule has 0 radical (unpaired) electrons. The molecule has 13 heteroatoms. The van der Waals surface area contributed by atoms with E-state index in [0.29, 0.717) is 47.3 Å². The molecule has 1 aliphatic heterocycles. The monoisotopic (exact) mass is 690 g/mol. The number of aliphatic hydroxyl groups is 1. The Bertz CT molecular complexity index is 1780. The molecule has 5 aromatic rings. The normalized spacial score (nSPS) is 14.2. The number of fused-ring (bicyclic) bond motifs is 1. The van der Waals surface area contributed by atoms with Gasteiger partial charge in [-0.15, -0.1) is 5.10 Å². The van der Waals surface area contributed by atoms with Gasteiger partial charge in [0.05, 0.1) is 32.7 Å². The van der Waals surface area contributed by atoms with Crippen molar-refractivity contribution >= 4 is 11.5 Å². The average molecular weight is 691 g/mol. The second-order valence-electron chi connectivity index (χ2n) is 12.4. The Balaban J connectivity index is 1.36. The zero-order valence-corrected chi connectivity index (χ0v) is 28.1. The highest BCUT2D eigenvalue weighted by atomic mass is 19.4. The van der Waals surface area contributed by atoms with Crippen LogP contribution in [-0.4, -0.2) is 69.7 Å². The number of rotatable bonds is 15. The van der Waals surface area contributed by atoms with Crippen LogP contribution in [-0.2, 0) is 19.6 Å². The van der Waals surface area contributed by atoms with Crippen molar-refractivity contribution in [3.8, 4) is 17.5 Å². The smallest absolute Gasteiger partial charge is 0.389 e. The van der Waals surface area contributed by atoms with Crippen LogP contribution < -0.4 is 19.1 Å². The summed E-state index contributed by atoms with van der Waals surface area (Å²) in [5.74, 6) is 1.81. The van der Waals surface area contributed by atoms with E-state index in [9.17, 15) is 18.3 Å². The number of alkyl halides is 3. The number of ether oxygens (including phenoxy) is 3. The molecule has 2 aromatic heterocycles. The highest BCUT2D eigenvalue weighted by Gasteiger charge is 2.27. The standard InChI is InChI=1S/C37H41F3N6O4/c1-48-30-14-8-27(9-15-30)24-45(25-28-10-16-31(49-2)17-11-28)35-34-41-22-32(46(34)43-36(42-35)50-21-5-18-37(38,39)40)33(47)29-12-6-26(7-13-29)23-44-19-3-4-20-44/h6-17,22,33,47H,3-5,18-21,23-25H2,1-2H3. The van der Waals surface area contributed by atoms with Crippen molar-refractivity contribution in [2.75, 3.05) is 38.8 Å². The molecule has 0 spiro atoms. The zero-order chi connectivity index (χ0) is 35.1. The predicted octanol–water partition coefficient (Wildman–Crippen LogP) is 6.75. The lowest BCUT2D eigenvalue weighted by Gasteiger charge is -2.25. The van der Waals surface area contributed by atoms with Crippen LogP contribution >= 0.6 is 0 Å². The maximum absolute atomic E-state index is 12.9. The maximum atomic E-state index is 12.9. The van der Waals surface area contributed by atoms with Gasteiger partial charge >= 0.3 is 12.2 Å². The van der Waals surface area contributed by atoms with Crippen molar-refractivity contribution in [2.45, 2.75) is 57.6 Å². The third-order valence-corrected chi connectivity index (χ3v) is 8.73. The van der Waals surface area contributed by atoms with E-state index >= 15 is 0 Å². The molecule has 6 rings (SSSR count). The molecule has 0 bridgehead atoms. The number of nitrogens with zero attached hydrogens (tertiary/aromatic N) is 6. The third kappa shape index (κ3) is 8.82. The van der Waals surface area contributed by atoms with E-state index in [-0.39, 0.29) is 19.0 Å². The highest BCUT2D eigenvalue weighted by Crippen LogP contribution is 2.30. The summed E-state index contributed by atoms with van der Waals surface area (Å²) in [7, 11) is 3.21. The fraction of sp³-hybridized carbons (Fsp3) is 0.378. The Morgan fingerprint density at radius 3 is 1.98 bits per heavy atom. The van der Waals surface area contributed by atoms with E-state index in [0.717, 1.165) is 36.3 Å². The number of imidazole rings is 1. The van der Waals surface area contributed by atoms with Gasteiger partial charge in [-0.25, -0.2) is 9.50 Å². The Morgan fingerprint density at radius 1 is 0.840 bits per heavy atom. The van der Waals surface area contributed by atoms with E-state index in [1.165, 1.54) is 17.4 Å². The Morgan fingerprint density at radius 2 is 1.42 bits per heavy atom. The lowest BCUT2D eigenvalue weighted by atomic mass is 10.0. The fourth-order valence-corrected chi connectivity index (χ4v) is 6.04. The number of hydrogen-bond donors (Lipinski definition) is 1. The van der Waals surface area contributed by atoms with Crippen molar-refractivity contribution < 1.29 is 32.5 Å². The van der Waals surface area contributed by atoms with Gasteiger partial charge in [-0.05, 0) is 78.9 Å². The highest BCUT2D eigenvalue weighted by molar-refractivity contribution is 5.65. The Labute approximate surface area is 289 Å². The number of halogens is 3. The Kier molecular flexibility index (Phi) is 11.0. The number of benzene rings is 3. The molecule has 1 aliphatic rings. The maximum Gasteiger partial charge on any atom is 0.389 e. The number of likely N-dealkylation sites (tertiary alicyclic amines) is 1. The second kappa shape index (κ2) is 15.8. The molecule has 10 nitrogen and oxygen atoms in total. The Hall–Kier alpha value is -4.88. The lowest BCUT2D eigenvalue weighted by molar-refractivity contribution is -0.136. The summed E-state index contributed by atoms with van der Waals surface area (Å²) in [6.07, 6.45) is -2.69. The second-order valence-corrected chi connectivity index (χ2v) is 12.4. The van der Waals surface area contributed by atoms with Crippen molar-refractivity contribution in [1.82, 2.24) is 24.5 Å². The molecule has 1 atom stereocenters. The van der Waals surface area contributed by atoms with Gasteiger partial charge in [-0.2, -0.15) is 18.2 Å². The molecule has 0 saturated carbocycles. The molecular weight excluding hydrogens is 649 g/mol. The van der Waals surface area contributed by atoms with Gasteiger partial charge in [0.2, 0.25) is 0 Å². The minimum atomic E-state index is -4.31. The number of hydrogen-bond acceptors (Lipinski definition) is 9. The first-order valence-electron chi connectivity index (χ1n) is 16.6. The van der Waals surface area contributed by atoms with Gasteiger partial charge in [-0.1, -0.05) is 48.5 Å². The van der Waals surface area contributed by atoms with Gasteiger partial charge in [0.15, 0.2) is 11.5 Å². The van der Waals surface area contributed by atoms with Crippen LogP contribution in [0.1, 0.15) is 59.7 Å². The lowest BCUT2D eigenvalue weighted by Crippen LogP contribution is -2.25. The largest absolute Gasteiger partial charge is 0.497 e. The quantitative estimate of drug-likeness (QED) is 0.120. The van der Waals surface area contributed by atoms with Crippen LogP contribution in [0.15, 0.2) is 79.0 Å². The van der Waals surface area contributed by atoms with E-state index < -0.39 is 18.7 Å². The summed E-state index contributed by atoms with van der Waals surface area (Å²) < 4.78 is 56.6. The van der Waals surface area contributed by atoms with Crippen molar-refractivity contribution in [2.24, 2.45) is 0 Å². The van der Waals surface area contributed by atoms with Crippen LogP contribution in [0.5, 0.6) is 17.5 Å². The van der Waals surface area contributed by atoms with E-state index in [1.54, 1.807) is 20.4 Å². The molecule has 3 aromatic carbocycles. The predicted molar refractivity (Wildman–Crippen MR) is 182 cm³/mol. The summed E-state index contributed by atoms with van der Waals surface area (Å²) >= 11 is 0. The molecule has 0 aliphatic carbocycles. The molecule has 1 saturated heterocycles. The summed E-state index contributed by atoms with van der Waals surface area (Å²) in [5, 5.41) is 16.1. The molecule has 3 heterocycles. The summed E-state index contributed by atoms with van der Waals surface area (Å²) in [5.41, 5.74) is 4.43. The van der Waals surface area contributed by atoms with Gasteiger partial charge in [-0.3, -0.25) is 4.90 Å². The third-order valence-electron chi connectivity index (χ3n) is 8.73. The first kappa shape index (κ1) is 35.0. The van der Waals surface area contributed by atoms with E-state index in [1.807, 2.05) is 77.7 Å². The number of methoxy groups -OCH3 is 2.